The summed E-state index contributed by atoms with van der Waals surface area (Å²) in [7, 11) is 0. The highest BCUT2D eigenvalue weighted by molar-refractivity contribution is 5.82. The molecule has 0 radical (unpaired) electrons. The molecule has 2 heterocycles. The van der Waals surface area contributed by atoms with E-state index in [1.165, 1.54) is 17.5 Å². The minimum absolute atomic E-state index is 0.0149. The minimum Gasteiger partial charge on any atom is -0.352 e. The summed E-state index contributed by atoms with van der Waals surface area (Å²) in [4.78, 5) is 29.6. The molecule has 0 unspecified atom stereocenters. The standard InChI is InChI=1S/C25H39N3O2/c1-18(2)25(30)28-11-7-10-23(17-28)24(29)26-13-21-8-5-6-9-22(21)16-27-14-19(3)12-20(4)15-27/h5-6,8-9,18-20,23H,7,10-17H2,1-4H3,(H,26,29)/t19-,20-,23+/m1/s1. The maximum atomic E-state index is 12.8. The molecule has 5 heteroatoms. The lowest BCUT2D eigenvalue weighted by Crippen LogP contribution is -2.46. The third-order valence-corrected chi connectivity index (χ3v) is 6.51. The molecule has 2 fully saturated rings. The van der Waals surface area contributed by atoms with Gasteiger partial charge in [-0.2, -0.15) is 0 Å². The molecule has 0 bridgehead atoms. The van der Waals surface area contributed by atoms with Crippen LogP contribution in [0.3, 0.4) is 0 Å². The fourth-order valence-corrected chi connectivity index (χ4v) is 5.13. The van der Waals surface area contributed by atoms with Crippen LogP contribution in [0.2, 0.25) is 0 Å². The summed E-state index contributed by atoms with van der Waals surface area (Å²) < 4.78 is 0. The third kappa shape index (κ3) is 6.07. The van der Waals surface area contributed by atoms with Gasteiger partial charge in [-0.15, -0.1) is 0 Å². The summed E-state index contributed by atoms with van der Waals surface area (Å²) in [5, 5.41) is 3.16. The van der Waals surface area contributed by atoms with E-state index in [4.69, 9.17) is 0 Å². The normalized spacial score (nSPS) is 25.4. The predicted molar refractivity (Wildman–Crippen MR) is 121 cm³/mol. The van der Waals surface area contributed by atoms with Gasteiger partial charge in [-0.3, -0.25) is 14.5 Å². The van der Waals surface area contributed by atoms with Gasteiger partial charge in [0.05, 0.1) is 5.92 Å². The van der Waals surface area contributed by atoms with Crippen LogP contribution in [0.1, 0.15) is 58.1 Å². The molecule has 0 saturated carbocycles. The van der Waals surface area contributed by atoms with Crippen molar-refractivity contribution < 1.29 is 9.59 Å². The summed E-state index contributed by atoms with van der Waals surface area (Å²) in [5.74, 6) is 1.59. The molecule has 1 aromatic rings. The van der Waals surface area contributed by atoms with E-state index in [-0.39, 0.29) is 23.7 Å². The quantitative estimate of drug-likeness (QED) is 0.774. The number of nitrogens with zero attached hydrogens (tertiary/aromatic N) is 2. The van der Waals surface area contributed by atoms with Crippen molar-refractivity contribution in [3.05, 3.63) is 35.4 Å². The Kier molecular flexibility index (Phi) is 7.93. The van der Waals surface area contributed by atoms with Gasteiger partial charge in [0.25, 0.3) is 0 Å². The molecule has 3 rings (SSSR count). The van der Waals surface area contributed by atoms with E-state index in [0.717, 1.165) is 50.9 Å². The maximum absolute atomic E-state index is 12.8. The van der Waals surface area contributed by atoms with Crippen molar-refractivity contribution in [1.82, 2.24) is 15.1 Å². The molecule has 1 aromatic carbocycles. The number of benzene rings is 1. The average molecular weight is 414 g/mol. The monoisotopic (exact) mass is 413 g/mol. The van der Waals surface area contributed by atoms with Crippen LogP contribution >= 0.6 is 0 Å². The SMILES string of the molecule is CC(C)C(=O)N1CCC[C@H](C(=O)NCc2ccccc2CN2C[C@H](C)C[C@@H](C)C2)C1. The fraction of sp³-hybridized carbons (Fsp3) is 0.680. The van der Waals surface area contributed by atoms with Crippen LogP contribution in [-0.2, 0) is 22.7 Å². The van der Waals surface area contributed by atoms with Crippen LogP contribution in [0.5, 0.6) is 0 Å². The first kappa shape index (κ1) is 22.8. The number of nitrogens with one attached hydrogen (secondary N) is 1. The molecule has 0 spiro atoms. The largest absolute Gasteiger partial charge is 0.352 e. The lowest BCUT2D eigenvalue weighted by molar-refractivity contribution is -0.138. The van der Waals surface area contributed by atoms with Gasteiger partial charge in [0, 0.05) is 45.2 Å². The topological polar surface area (TPSA) is 52.7 Å². The molecule has 2 aliphatic heterocycles. The van der Waals surface area contributed by atoms with Crippen molar-refractivity contribution in [2.75, 3.05) is 26.2 Å². The summed E-state index contributed by atoms with van der Waals surface area (Å²) in [6, 6.07) is 8.46. The van der Waals surface area contributed by atoms with Crippen LogP contribution in [0.4, 0.5) is 0 Å². The minimum atomic E-state index is -0.0996. The molecule has 5 nitrogen and oxygen atoms in total. The van der Waals surface area contributed by atoms with Crippen LogP contribution < -0.4 is 5.32 Å². The number of amides is 2. The summed E-state index contributed by atoms with van der Waals surface area (Å²) in [6.07, 6.45) is 3.07. The molecule has 1 N–H and O–H groups in total. The average Bonchev–Trinajstić information content (AvgIpc) is 2.71. The van der Waals surface area contributed by atoms with Gasteiger partial charge in [0.1, 0.15) is 0 Å². The Hall–Kier alpha value is -1.88. The van der Waals surface area contributed by atoms with Crippen molar-refractivity contribution in [1.29, 1.82) is 0 Å². The zero-order chi connectivity index (χ0) is 21.7. The number of hydrogen-bond donors (Lipinski definition) is 1. The Balaban J connectivity index is 1.57. The Morgan fingerprint density at radius 1 is 1.07 bits per heavy atom. The van der Waals surface area contributed by atoms with Crippen LogP contribution in [0.25, 0.3) is 0 Å². The summed E-state index contributed by atoms with van der Waals surface area (Å²) in [6.45, 7) is 13.6. The smallest absolute Gasteiger partial charge is 0.225 e. The lowest BCUT2D eigenvalue weighted by Gasteiger charge is -2.35. The van der Waals surface area contributed by atoms with Gasteiger partial charge < -0.3 is 10.2 Å². The van der Waals surface area contributed by atoms with Gasteiger partial charge in [-0.1, -0.05) is 52.0 Å². The highest BCUT2D eigenvalue weighted by atomic mass is 16.2. The van der Waals surface area contributed by atoms with Crippen molar-refractivity contribution in [2.45, 2.75) is 60.0 Å². The zero-order valence-corrected chi connectivity index (χ0v) is 19.2. The first-order chi connectivity index (χ1) is 14.3. The van der Waals surface area contributed by atoms with Crippen molar-refractivity contribution in [2.24, 2.45) is 23.7 Å². The molecule has 0 aromatic heterocycles. The van der Waals surface area contributed by atoms with E-state index in [9.17, 15) is 9.59 Å². The van der Waals surface area contributed by atoms with Crippen molar-refractivity contribution in [3.8, 4) is 0 Å². The molecule has 3 atom stereocenters. The van der Waals surface area contributed by atoms with E-state index in [1.54, 1.807) is 0 Å². The second-order valence-corrected chi connectivity index (χ2v) is 9.90. The molecule has 166 valence electrons. The van der Waals surface area contributed by atoms with E-state index in [1.807, 2.05) is 18.7 Å². The fourth-order valence-electron chi connectivity index (χ4n) is 5.13. The predicted octanol–water partition coefficient (Wildman–Crippen LogP) is 3.68. The molecule has 2 amide bonds. The van der Waals surface area contributed by atoms with E-state index in [0.29, 0.717) is 13.1 Å². The number of rotatable bonds is 6. The first-order valence-corrected chi connectivity index (χ1v) is 11.7. The Bertz CT molecular complexity index is 723. The van der Waals surface area contributed by atoms with Crippen molar-refractivity contribution in [3.63, 3.8) is 0 Å². The van der Waals surface area contributed by atoms with E-state index < -0.39 is 0 Å². The second-order valence-electron chi connectivity index (χ2n) is 9.90. The molecular formula is C25H39N3O2. The zero-order valence-electron chi connectivity index (χ0n) is 19.2. The number of hydrogen-bond acceptors (Lipinski definition) is 3. The number of piperidine rings is 2. The highest BCUT2D eigenvalue weighted by Gasteiger charge is 2.29. The van der Waals surface area contributed by atoms with Crippen LogP contribution in [0, 0.1) is 23.7 Å². The maximum Gasteiger partial charge on any atom is 0.225 e. The van der Waals surface area contributed by atoms with Crippen LogP contribution in [0.15, 0.2) is 24.3 Å². The van der Waals surface area contributed by atoms with E-state index in [2.05, 4.69) is 48.3 Å². The van der Waals surface area contributed by atoms with Gasteiger partial charge in [0.2, 0.25) is 11.8 Å². The van der Waals surface area contributed by atoms with Gasteiger partial charge in [-0.25, -0.2) is 0 Å². The Morgan fingerprint density at radius 2 is 1.73 bits per heavy atom. The van der Waals surface area contributed by atoms with Gasteiger partial charge in [-0.05, 0) is 42.2 Å². The van der Waals surface area contributed by atoms with Gasteiger partial charge >= 0.3 is 0 Å². The van der Waals surface area contributed by atoms with Gasteiger partial charge in [0.15, 0.2) is 0 Å². The molecular weight excluding hydrogens is 374 g/mol. The van der Waals surface area contributed by atoms with E-state index >= 15 is 0 Å². The molecule has 2 aliphatic rings. The Labute approximate surface area is 182 Å². The second kappa shape index (κ2) is 10.4. The lowest BCUT2D eigenvalue weighted by atomic mass is 9.91. The van der Waals surface area contributed by atoms with Crippen LogP contribution in [-0.4, -0.2) is 47.8 Å². The summed E-state index contributed by atoms with van der Waals surface area (Å²) in [5.41, 5.74) is 2.50. The third-order valence-electron chi connectivity index (χ3n) is 6.51. The number of carbonyl (C=O) groups is 2. The first-order valence-electron chi connectivity index (χ1n) is 11.7. The molecule has 2 saturated heterocycles. The number of likely N-dealkylation sites (tertiary alicyclic amines) is 2. The molecule has 0 aliphatic carbocycles. The Morgan fingerprint density at radius 3 is 2.40 bits per heavy atom. The highest BCUT2D eigenvalue weighted by Crippen LogP contribution is 2.24. The molecule has 30 heavy (non-hydrogen) atoms. The summed E-state index contributed by atoms with van der Waals surface area (Å²) >= 11 is 0. The number of carbonyl (C=O) groups excluding carboxylic acids is 2. The van der Waals surface area contributed by atoms with Crippen molar-refractivity contribution >= 4 is 11.8 Å².